The molecule has 168 valence electrons. The number of carbonyl (C=O) groups is 1. The number of alkyl halides is 3. The van der Waals surface area contributed by atoms with Crippen LogP contribution in [0.25, 0.3) is 10.9 Å². The lowest BCUT2D eigenvalue weighted by atomic mass is 9.97. The second kappa shape index (κ2) is 7.99. The van der Waals surface area contributed by atoms with Gasteiger partial charge >= 0.3 is 6.18 Å². The van der Waals surface area contributed by atoms with Gasteiger partial charge in [-0.25, -0.2) is 8.78 Å². The summed E-state index contributed by atoms with van der Waals surface area (Å²) in [6, 6.07) is 3.11. The maximum atomic E-state index is 14.1. The molecular formula is C22H18F5N3O2. The molecule has 5 nitrogen and oxygen atoms in total. The molecule has 2 aromatic heterocycles. The van der Waals surface area contributed by atoms with Crippen LogP contribution >= 0.6 is 0 Å². The van der Waals surface area contributed by atoms with Gasteiger partial charge in [-0.2, -0.15) is 13.2 Å². The van der Waals surface area contributed by atoms with Crippen LogP contribution in [0, 0.1) is 11.6 Å². The maximum absolute atomic E-state index is 14.1. The predicted molar refractivity (Wildman–Crippen MR) is 106 cm³/mol. The number of carbonyl (C=O) groups excluding carboxylic acids is 1. The standard InChI is InChI=1S/C22H18F5N3O2/c1-10(13-5-4-12(23)8-15(13)24)29-17(31)9-14-19(22(25,26)27)18-16(30-21(14)32)6-7-28-20(18)11-2-3-11/h4-8,10-11H,2-3,9H2,1H3,(H,29,31)(H,30,32)/t10-/m0/s1. The zero-order chi connectivity index (χ0) is 23.2. The summed E-state index contributed by atoms with van der Waals surface area (Å²) in [7, 11) is 0. The molecular weight excluding hydrogens is 433 g/mol. The Bertz CT molecular complexity index is 1260. The molecule has 0 aliphatic heterocycles. The Labute approximate surface area is 178 Å². The van der Waals surface area contributed by atoms with Gasteiger partial charge in [0.1, 0.15) is 11.6 Å². The van der Waals surface area contributed by atoms with Gasteiger partial charge in [0, 0.05) is 34.7 Å². The number of aromatic nitrogens is 2. The van der Waals surface area contributed by atoms with Gasteiger partial charge in [0.2, 0.25) is 5.91 Å². The Morgan fingerprint density at radius 1 is 1.25 bits per heavy atom. The highest BCUT2D eigenvalue weighted by molar-refractivity contribution is 5.88. The fourth-order valence-corrected chi connectivity index (χ4v) is 3.84. The number of H-pyrrole nitrogens is 1. The Morgan fingerprint density at radius 2 is 1.97 bits per heavy atom. The lowest BCUT2D eigenvalue weighted by molar-refractivity contribution is -0.137. The molecule has 2 heterocycles. The van der Waals surface area contributed by atoms with E-state index in [-0.39, 0.29) is 28.1 Å². The highest BCUT2D eigenvalue weighted by Crippen LogP contribution is 2.45. The monoisotopic (exact) mass is 451 g/mol. The number of nitrogens with zero attached hydrogens (tertiary/aromatic N) is 1. The Balaban J connectivity index is 1.72. The van der Waals surface area contributed by atoms with Crippen molar-refractivity contribution in [3.05, 3.63) is 74.8 Å². The quantitative estimate of drug-likeness (QED) is 0.561. The summed E-state index contributed by atoms with van der Waals surface area (Å²) in [5, 5.41) is 2.17. The van der Waals surface area contributed by atoms with Crippen molar-refractivity contribution in [3.8, 4) is 0 Å². The van der Waals surface area contributed by atoms with Crippen LogP contribution in [0.2, 0.25) is 0 Å². The van der Waals surface area contributed by atoms with Crippen molar-refractivity contribution >= 4 is 16.8 Å². The van der Waals surface area contributed by atoms with Crippen molar-refractivity contribution in [1.29, 1.82) is 0 Å². The molecule has 1 aliphatic carbocycles. The van der Waals surface area contributed by atoms with E-state index in [1.807, 2.05) is 0 Å². The highest BCUT2D eigenvalue weighted by Gasteiger charge is 2.40. The van der Waals surface area contributed by atoms with Crippen LogP contribution < -0.4 is 10.9 Å². The van der Waals surface area contributed by atoms with E-state index in [4.69, 9.17) is 0 Å². The minimum absolute atomic E-state index is 0.00475. The van der Waals surface area contributed by atoms with Gasteiger partial charge in [-0.05, 0) is 31.9 Å². The molecule has 0 radical (unpaired) electrons. The Morgan fingerprint density at radius 3 is 2.59 bits per heavy atom. The lowest BCUT2D eigenvalue weighted by Gasteiger charge is -2.18. The fourth-order valence-electron chi connectivity index (χ4n) is 3.84. The molecule has 0 bridgehead atoms. The molecule has 3 aromatic rings. The minimum atomic E-state index is -4.90. The maximum Gasteiger partial charge on any atom is 0.417 e. The summed E-state index contributed by atoms with van der Waals surface area (Å²) in [5.41, 5.74) is -2.73. The molecule has 10 heteroatoms. The van der Waals surface area contributed by atoms with Crippen LogP contribution in [0.15, 0.2) is 35.3 Å². The van der Waals surface area contributed by atoms with Crippen LogP contribution in [0.4, 0.5) is 22.0 Å². The van der Waals surface area contributed by atoms with E-state index < -0.39 is 52.9 Å². The first-order valence-electron chi connectivity index (χ1n) is 9.91. The molecule has 32 heavy (non-hydrogen) atoms. The molecule has 0 saturated heterocycles. The van der Waals surface area contributed by atoms with Crippen LogP contribution in [-0.2, 0) is 17.4 Å². The zero-order valence-electron chi connectivity index (χ0n) is 16.8. The average Bonchev–Trinajstić information content (AvgIpc) is 3.52. The summed E-state index contributed by atoms with van der Waals surface area (Å²) in [6.45, 7) is 1.40. The van der Waals surface area contributed by atoms with Crippen molar-refractivity contribution in [2.24, 2.45) is 0 Å². The van der Waals surface area contributed by atoms with Gasteiger partial charge in [0.05, 0.1) is 29.2 Å². The first-order valence-corrected chi connectivity index (χ1v) is 9.91. The van der Waals surface area contributed by atoms with Gasteiger partial charge in [0.25, 0.3) is 5.56 Å². The van der Waals surface area contributed by atoms with Crippen molar-refractivity contribution in [3.63, 3.8) is 0 Å². The number of amides is 1. The zero-order valence-corrected chi connectivity index (χ0v) is 16.8. The first kappa shape index (κ1) is 21.9. The molecule has 0 spiro atoms. The molecule has 0 unspecified atom stereocenters. The summed E-state index contributed by atoms with van der Waals surface area (Å²) < 4.78 is 69.3. The SMILES string of the molecule is C[C@H](NC(=O)Cc1c(C(F)(F)F)c2c(C3CC3)nccc2[nH]c1=O)c1ccc(F)cc1F. The van der Waals surface area contributed by atoms with Crippen LogP contribution in [0.3, 0.4) is 0 Å². The van der Waals surface area contributed by atoms with E-state index >= 15 is 0 Å². The van der Waals surface area contributed by atoms with Crippen LogP contribution in [-0.4, -0.2) is 15.9 Å². The summed E-state index contributed by atoms with van der Waals surface area (Å²) in [6.07, 6.45) is -3.04. The first-order chi connectivity index (χ1) is 15.1. The van der Waals surface area contributed by atoms with Gasteiger partial charge < -0.3 is 10.3 Å². The molecule has 1 saturated carbocycles. The Hall–Kier alpha value is -3.30. The number of aromatic amines is 1. The topological polar surface area (TPSA) is 74.8 Å². The summed E-state index contributed by atoms with van der Waals surface area (Å²) in [5.74, 6) is -2.75. The number of nitrogens with one attached hydrogen (secondary N) is 2. The molecule has 1 aliphatic rings. The van der Waals surface area contributed by atoms with E-state index in [1.165, 1.54) is 19.2 Å². The number of fused-ring (bicyclic) bond motifs is 1. The molecule has 2 N–H and O–H groups in total. The smallest absolute Gasteiger partial charge is 0.349 e. The van der Waals surface area contributed by atoms with E-state index in [0.29, 0.717) is 18.9 Å². The van der Waals surface area contributed by atoms with Gasteiger partial charge in [-0.3, -0.25) is 14.6 Å². The number of pyridine rings is 2. The van der Waals surface area contributed by atoms with E-state index in [1.54, 1.807) is 0 Å². The number of rotatable bonds is 5. The molecule has 1 amide bonds. The minimum Gasteiger partial charge on any atom is -0.349 e. The second-order valence-electron chi connectivity index (χ2n) is 7.83. The third-order valence-corrected chi connectivity index (χ3v) is 5.45. The van der Waals surface area contributed by atoms with Gasteiger partial charge in [0.15, 0.2) is 0 Å². The number of hydrogen-bond acceptors (Lipinski definition) is 3. The van der Waals surface area contributed by atoms with Crippen molar-refractivity contribution in [2.75, 3.05) is 0 Å². The van der Waals surface area contributed by atoms with E-state index in [0.717, 1.165) is 12.1 Å². The predicted octanol–water partition coefficient (Wildman–Crippen LogP) is 4.52. The van der Waals surface area contributed by atoms with Crippen molar-refractivity contribution in [1.82, 2.24) is 15.3 Å². The number of hydrogen-bond donors (Lipinski definition) is 2. The lowest BCUT2D eigenvalue weighted by Crippen LogP contribution is -2.32. The average molecular weight is 451 g/mol. The number of halogens is 5. The summed E-state index contributed by atoms with van der Waals surface area (Å²) >= 11 is 0. The Kier molecular flexibility index (Phi) is 5.47. The molecule has 1 aromatic carbocycles. The molecule has 1 atom stereocenters. The fraction of sp³-hybridized carbons (Fsp3) is 0.318. The van der Waals surface area contributed by atoms with E-state index in [2.05, 4.69) is 15.3 Å². The largest absolute Gasteiger partial charge is 0.417 e. The third-order valence-electron chi connectivity index (χ3n) is 5.45. The van der Waals surface area contributed by atoms with Crippen LogP contribution in [0.1, 0.15) is 54.1 Å². The summed E-state index contributed by atoms with van der Waals surface area (Å²) in [4.78, 5) is 31.6. The van der Waals surface area contributed by atoms with Crippen molar-refractivity contribution < 1.29 is 26.7 Å². The highest BCUT2D eigenvalue weighted by atomic mass is 19.4. The van der Waals surface area contributed by atoms with Crippen molar-refractivity contribution in [2.45, 2.75) is 44.3 Å². The van der Waals surface area contributed by atoms with Gasteiger partial charge in [-0.15, -0.1) is 0 Å². The number of benzene rings is 1. The normalized spacial score (nSPS) is 15.1. The molecule has 1 fully saturated rings. The van der Waals surface area contributed by atoms with E-state index in [9.17, 15) is 31.5 Å². The van der Waals surface area contributed by atoms with Crippen LogP contribution in [0.5, 0.6) is 0 Å². The second-order valence-corrected chi connectivity index (χ2v) is 7.83. The molecule has 4 rings (SSSR count). The van der Waals surface area contributed by atoms with Gasteiger partial charge in [-0.1, -0.05) is 6.07 Å². The third kappa shape index (κ3) is 4.21.